The summed E-state index contributed by atoms with van der Waals surface area (Å²) in [7, 11) is 4.17. The van der Waals surface area contributed by atoms with Crippen LogP contribution in [-0.2, 0) is 13.1 Å². The molecule has 0 aliphatic heterocycles. The van der Waals surface area contributed by atoms with Gasteiger partial charge in [0.1, 0.15) is 0 Å². The summed E-state index contributed by atoms with van der Waals surface area (Å²) in [5, 5.41) is 3.22. The number of hydrogen-bond acceptors (Lipinski definition) is 3. The van der Waals surface area contributed by atoms with Crippen molar-refractivity contribution in [3.05, 3.63) is 50.7 Å². The van der Waals surface area contributed by atoms with E-state index in [1.165, 1.54) is 32.1 Å². The van der Waals surface area contributed by atoms with Crippen molar-refractivity contribution in [1.29, 1.82) is 0 Å². The lowest BCUT2D eigenvalue weighted by Gasteiger charge is -2.21. The highest BCUT2D eigenvalue weighted by atomic mass is 32.1. The van der Waals surface area contributed by atoms with E-state index in [1.807, 2.05) is 18.4 Å². The molecule has 20 heavy (non-hydrogen) atoms. The van der Waals surface area contributed by atoms with Crippen molar-refractivity contribution in [2.75, 3.05) is 19.0 Å². The zero-order chi connectivity index (χ0) is 14.7. The molecular formula is C17H24N2S. The van der Waals surface area contributed by atoms with Gasteiger partial charge in [-0.05, 0) is 51.1 Å². The van der Waals surface area contributed by atoms with Crippen LogP contribution in [0.3, 0.4) is 0 Å². The minimum atomic E-state index is 0.957. The van der Waals surface area contributed by atoms with Gasteiger partial charge in [0.2, 0.25) is 0 Å². The third-order valence-corrected chi connectivity index (χ3v) is 4.69. The Morgan fingerprint density at radius 3 is 2.55 bits per heavy atom. The van der Waals surface area contributed by atoms with E-state index in [-0.39, 0.29) is 0 Å². The second kappa shape index (κ2) is 6.42. The summed E-state index contributed by atoms with van der Waals surface area (Å²) in [4.78, 5) is 5.17. The number of nitrogens with zero attached hydrogens (tertiary/aromatic N) is 1. The fourth-order valence-electron chi connectivity index (χ4n) is 2.58. The number of nitrogens with one attached hydrogen (secondary N) is 1. The summed E-state index contributed by atoms with van der Waals surface area (Å²) in [6.45, 7) is 8.47. The van der Waals surface area contributed by atoms with Crippen LogP contribution in [0, 0.1) is 20.8 Å². The maximum absolute atomic E-state index is 3.22. The average molecular weight is 288 g/mol. The van der Waals surface area contributed by atoms with Gasteiger partial charge >= 0.3 is 0 Å². The van der Waals surface area contributed by atoms with Crippen molar-refractivity contribution >= 4 is 17.0 Å². The molecule has 0 saturated carbocycles. The first-order chi connectivity index (χ1) is 9.51. The number of anilines is 1. The predicted octanol–water partition coefficient (Wildman–Crippen LogP) is 4.03. The third kappa shape index (κ3) is 3.41. The van der Waals surface area contributed by atoms with Gasteiger partial charge in [-0.25, -0.2) is 0 Å². The first-order valence-electron chi connectivity index (χ1n) is 7.02. The van der Waals surface area contributed by atoms with Crippen LogP contribution in [0.5, 0.6) is 0 Å². The molecule has 3 heteroatoms. The van der Waals surface area contributed by atoms with E-state index in [0.717, 1.165) is 13.1 Å². The first-order valence-corrected chi connectivity index (χ1v) is 7.84. The molecule has 1 N–H and O–H groups in total. The molecule has 0 atom stereocenters. The summed E-state index contributed by atoms with van der Waals surface area (Å²) in [5.74, 6) is 0. The van der Waals surface area contributed by atoms with E-state index in [0.29, 0.717) is 0 Å². The third-order valence-electron chi connectivity index (χ3n) is 3.59. The normalized spacial score (nSPS) is 10.8. The molecule has 0 bridgehead atoms. The standard InChI is InChI=1S/C17H24N2S/c1-12-6-7-17(13(2)8-12)19(5)11-15-9-16(10-18-4)20-14(15)3/h6-9,18H,10-11H2,1-5H3. The van der Waals surface area contributed by atoms with Crippen LogP contribution in [0.15, 0.2) is 24.3 Å². The van der Waals surface area contributed by atoms with E-state index in [2.05, 4.69) is 62.3 Å². The Kier molecular flexibility index (Phi) is 4.84. The number of thiophene rings is 1. The lowest BCUT2D eigenvalue weighted by Crippen LogP contribution is -2.17. The molecule has 1 aromatic carbocycles. The van der Waals surface area contributed by atoms with E-state index in [1.54, 1.807) is 0 Å². The maximum atomic E-state index is 3.22. The fourth-order valence-corrected chi connectivity index (χ4v) is 3.65. The number of hydrogen-bond donors (Lipinski definition) is 1. The topological polar surface area (TPSA) is 15.3 Å². The lowest BCUT2D eigenvalue weighted by atomic mass is 10.1. The van der Waals surface area contributed by atoms with E-state index < -0.39 is 0 Å². The molecular weight excluding hydrogens is 264 g/mol. The summed E-state index contributed by atoms with van der Waals surface area (Å²) in [6, 6.07) is 8.99. The molecule has 2 rings (SSSR count). The Balaban J connectivity index is 2.16. The predicted molar refractivity (Wildman–Crippen MR) is 89.8 cm³/mol. The average Bonchev–Trinajstić information content (AvgIpc) is 2.70. The van der Waals surface area contributed by atoms with Gasteiger partial charge in [-0.1, -0.05) is 17.7 Å². The molecule has 0 amide bonds. The molecule has 0 fully saturated rings. The zero-order valence-electron chi connectivity index (χ0n) is 13.1. The summed E-state index contributed by atoms with van der Waals surface area (Å²) < 4.78 is 0. The molecule has 108 valence electrons. The van der Waals surface area contributed by atoms with Crippen molar-refractivity contribution < 1.29 is 0 Å². The molecule has 0 saturated heterocycles. The SMILES string of the molecule is CNCc1cc(CN(C)c2ccc(C)cc2C)c(C)s1. The molecule has 2 aromatic rings. The number of benzene rings is 1. The van der Waals surface area contributed by atoms with Crippen LogP contribution in [0.1, 0.15) is 26.4 Å². The Morgan fingerprint density at radius 2 is 1.90 bits per heavy atom. The molecule has 0 radical (unpaired) electrons. The van der Waals surface area contributed by atoms with Crippen molar-refractivity contribution in [3.8, 4) is 0 Å². The van der Waals surface area contributed by atoms with Crippen molar-refractivity contribution in [3.63, 3.8) is 0 Å². The quantitative estimate of drug-likeness (QED) is 0.893. The highest BCUT2D eigenvalue weighted by Crippen LogP contribution is 2.26. The van der Waals surface area contributed by atoms with Crippen LogP contribution in [0.2, 0.25) is 0 Å². The largest absolute Gasteiger partial charge is 0.370 e. The van der Waals surface area contributed by atoms with Gasteiger partial charge in [0, 0.05) is 35.6 Å². The minimum Gasteiger partial charge on any atom is -0.370 e. The molecule has 1 aromatic heterocycles. The van der Waals surface area contributed by atoms with Crippen LogP contribution in [-0.4, -0.2) is 14.1 Å². The van der Waals surface area contributed by atoms with E-state index in [9.17, 15) is 0 Å². The van der Waals surface area contributed by atoms with E-state index in [4.69, 9.17) is 0 Å². The van der Waals surface area contributed by atoms with Crippen molar-refractivity contribution in [2.45, 2.75) is 33.9 Å². The van der Waals surface area contributed by atoms with Crippen molar-refractivity contribution in [1.82, 2.24) is 5.32 Å². The summed E-state index contributed by atoms with van der Waals surface area (Å²) in [6.07, 6.45) is 0. The molecule has 0 aliphatic carbocycles. The fraction of sp³-hybridized carbons (Fsp3) is 0.412. The second-order valence-corrected chi connectivity index (χ2v) is 6.81. The number of aryl methyl sites for hydroxylation is 3. The van der Waals surface area contributed by atoms with Gasteiger partial charge in [-0.15, -0.1) is 11.3 Å². The molecule has 2 nitrogen and oxygen atoms in total. The van der Waals surface area contributed by atoms with Crippen LogP contribution < -0.4 is 10.2 Å². The van der Waals surface area contributed by atoms with Crippen LogP contribution in [0.25, 0.3) is 0 Å². The Labute approximate surface area is 126 Å². The second-order valence-electron chi connectivity index (χ2n) is 5.47. The Hall–Kier alpha value is -1.32. The Bertz CT molecular complexity index is 587. The number of rotatable bonds is 5. The van der Waals surface area contributed by atoms with Crippen molar-refractivity contribution in [2.24, 2.45) is 0 Å². The van der Waals surface area contributed by atoms with Crippen LogP contribution in [0.4, 0.5) is 5.69 Å². The Morgan fingerprint density at radius 1 is 1.15 bits per heavy atom. The molecule has 0 aliphatic rings. The van der Waals surface area contributed by atoms with Gasteiger partial charge in [-0.3, -0.25) is 0 Å². The minimum absolute atomic E-state index is 0.957. The highest BCUT2D eigenvalue weighted by molar-refractivity contribution is 7.12. The summed E-state index contributed by atoms with van der Waals surface area (Å²) >= 11 is 1.89. The lowest BCUT2D eigenvalue weighted by molar-refractivity contribution is 0.829. The molecule has 0 spiro atoms. The molecule has 1 heterocycles. The van der Waals surface area contributed by atoms with E-state index >= 15 is 0 Å². The first kappa shape index (κ1) is 15.1. The smallest absolute Gasteiger partial charge is 0.0437 e. The monoisotopic (exact) mass is 288 g/mol. The van der Waals surface area contributed by atoms with Gasteiger partial charge in [0.05, 0.1) is 0 Å². The van der Waals surface area contributed by atoms with Crippen LogP contribution >= 0.6 is 11.3 Å². The summed E-state index contributed by atoms with van der Waals surface area (Å²) in [5.41, 5.74) is 5.41. The van der Waals surface area contributed by atoms with Gasteiger partial charge in [-0.2, -0.15) is 0 Å². The zero-order valence-corrected chi connectivity index (χ0v) is 13.9. The molecule has 0 unspecified atom stereocenters. The maximum Gasteiger partial charge on any atom is 0.0437 e. The van der Waals surface area contributed by atoms with Gasteiger partial charge in [0.25, 0.3) is 0 Å². The highest BCUT2D eigenvalue weighted by Gasteiger charge is 2.10. The van der Waals surface area contributed by atoms with Gasteiger partial charge in [0.15, 0.2) is 0 Å². The van der Waals surface area contributed by atoms with Gasteiger partial charge < -0.3 is 10.2 Å².